The zero-order valence-electron chi connectivity index (χ0n) is 16.7. The molecule has 2 aromatic carbocycles. The monoisotopic (exact) mass is 428 g/mol. The summed E-state index contributed by atoms with van der Waals surface area (Å²) in [5, 5.41) is 4.94. The van der Waals surface area contributed by atoms with Crippen LogP contribution < -0.4 is 11.1 Å². The molecule has 5 nitrogen and oxygen atoms in total. The van der Waals surface area contributed by atoms with Gasteiger partial charge in [-0.2, -0.15) is 0 Å². The number of carbonyl (C=O) groups is 1. The lowest BCUT2D eigenvalue weighted by molar-refractivity contribution is 0.102. The molecule has 3 aromatic rings. The number of nitrogens with one attached hydrogen (secondary N) is 1. The van der Waals surface area contributed by atoms with Crippen LogP contribution in [0.1, 0.15) is 35.9 Å². The van der Waals surface area contributed by atoms with E-state index in [1.165, 1.54) is 0 Å². The molecule has 2 atom stereocenters. The number of nitrogens with two attached hydrogens (primary N) is 1. The van der Waals surface area contributed by atoms with Crippen LogP contribution in [-0.4, -0.2) is 19.2 Å². The number of carbonyl (C=O) groups excluding carboxylic acids is 1. The van der Waals surface area contributed by atoms with Gasteiger partial charge >= 0.3 is 0 Å². The predicted molar refractivity (Wildman–Crippen MR) is 123 cm³/mol. The lowest BCUT2D eigenvalue weighted by Gasteiger charge is -2.18. The Labute approximate surface area is 176 Å². The first kappa shape index (κ1) is 21.5. The Morgan fingerprint density at radius 2 is 1.97 bits per heavy atom. The van der Waals surface area contributed by atoms with Gasteiger partial charge < -0.3 is 20.1 Å². The highest BCUT2D eigenvalue weighted by molar-refractivity contribution is 7.46. The number of nitrogen functional groups attached to an aromatic ring is 1. The molecule has 0 aliphatic heterocycles. The summed E-state index contributed by atoms with van der Waals surface area (Å²) in [5.41, 5.74) is 9.78. The highest BCUT2D eigenvalue weighted by atomic mass is 32.1. The zero-order valence-corrected chi connectivity index (χ0v) is 18.4. The molecule has 0 saturated carbocycles. The van der Waals surface area contributed by atoms with Gasteiger partial charge in [-0.05, 0) is 60.7 Å². The third-order valence-electron chi connectivity index (χ3n) is 4.37. The fourth-order valence-electron chi connectivity index (χ4n) is 2.86. The maximum absolute atomic E-state index is 12.7. The highest BCUT2D eigenvalue weighted by Gasteiger charge is 2.14. The van der Waals surface area contributed by atoms with Crippen molar-refractivity contribution in [1.82, 2.24) is 0 Å². The molecule has 1 aromatic heterocycles. The van der Waals surface area contributed by atoms with E-state index < -0.39 is 8.38 Å². The van der Waals surface area contributed by atoms with Crippen LogP contribution in [0.4, 0.5) is 11.4 Å². The first-order valence-corrected chi connectivity index (χ1v) is 11.9. The molecule has 1 heterocycles. The lowest BCUT2D eigenvalue weighted by atomic mass is 10.1. The average molecular weight is 428 g/mol. The molecule has 29 heavy (non-hydrogen) atoms. The third kappa shape index (κ3) is 5.64. The predicted octanol–water partition coefficient (Wildman–Crippen LogP) is 6.31. The summed E-state index contributed by atoms with van der Waals surface area (Å²) in [6, 6.07) is 17.1. The Bertz CT molecular complexity index is 945. The van der Waals surface area contributed by atoms with Crippen molar-refractivity contribution in [3.63, 3.8) is 0 Å². The van der Waals surface area contributed by atoms with Crippen molar-refractivity contribution in [1.29, 1.82) is 0 Å². The molecule has 0 bridgehead atoms. The maximum Gasteiger partial charge on any atom is 0.255 e. The van der Waals surface area contributed by atoms with Crippen LogP contribution >= 0.6 is 19.7 Å². The quantitative estimate of drug-likeness (QED) is 0.326. The molecule has 0 aliphatic rings. The number of amides is 1. The van der Waals surface area contributed by atoms with Crippen LogP contribution in [0.15, 0.2) is 60.0 Å². The standard InChI is InChI=1S/C22H25N2O3PS/c1-4-26-28(3)27-15(2)16-7-9-17(10-8-16)22(25)24-20-14-18(11-12-19(20)23)21-6-5-13-29-21/h5-15H,4,23H2,1-3H3,(H,24,25). The molecule has 7 heteroatoms. The van der Waals surface area contributed by atoms with Gasteiger partial charge in [-0.3, -0.25) is 4.79 Å². The summed E-state index contributed by atoms with van der Waals surface area (Å²) in [7, 11) is -0.912. The van der Waals surface area contributed by atoms with Crippen molar-refractivity contribution >= 4 is 37.0 Å². The van der Waals surface area contributed by atoms with E-state index in [0.717, 1.165) is 16.0 Å². The van der Waals surface area contributed by atoms with E-state index in [2.05, 4.69) is 5.32 Å². The molecule has 3 N–H and O–H groups in total. The van der Waals surface area contributed by atoms with Crippen molar-refractivity contribution in [3.8, 4) is 10.4 Å². The Hall–Kier alpha value is -2.24. The molecule has 0 spiro atoms. The smallest absolute Gasteiger partial charge is 0.255 e. The van der Waals surface area contributed by atoms with Crippen LogP contribution in [0, 0.1) is 0 Å². The third-order valence-corrected chi connectivity index (χ3v) is 6.52. The molecule has 3 rings (SSSR count). The molecule has 0 fully saturated rings. The van der Waals surface area contributed by atoms with Crippen molar-refractivity contribution in [2.75, 3.05) is 24.3 Å². The van der Waals surface area contributed by atoms with Gasteiger partial charge in [0.15, 0.2) is 8.38 Å². The van der Waals surface area contributed by atoms with Gasteiger partial charge in [0.1, 0.15) is 0 Å². The first-order valence-electron chi connectivity index (χ1n) is 9.36. The fraction of sp³-hybridized carbons (Fsp3) is 0.227. The van der Waals surface area contributed by atoms with E-state index in [9.17, 15) is 4.79 Å². The van der Waals surface area contributed by atoms with Gasteiger partial charge in [0, 0.05) is 17.1 Å². The second-order valence-electron chi connectivity index (χ2n) is 6.46. The van der Waals surface area contributed by atoms with Crippen LogP contribution in [0.2, 0.25) is 0 Å². The Morgan fingerprint density at radius 1 is 1.21 bits per heavy atom. The van der Waals surface area contributed by atoms with Crippen molar-refractivity contribution in [2.24, 2.45) is 0 Å². The minimum Gasteiger partial charge on any atom is -0.397 e. The van der Waals surface area contributed by atoms with Crippen molar-refractivity contribution < 1.29 is 13.8 Å². The molecule has 2 unspecified atom stereocenters. The molecule has 0 saturated heterocycles. The summed E-state index contributed by atoms with van der Waals surface area (Å²) >= 11 is 1.64. The fourth-order valence-corrected chi connectivity index (χ4v) is 4.57. The molecule has 0 radical (unpaired) electrons. The lowest BCUT2D eigenvalue weighted by Crippen LogP contribution is -2.13. The topological polar surface area (TPSA) is 73.6 Å². The van der Waals surface area contributed by atoms with Crippen LogP contribution in [0.3, 0.4) is 0 Å². The van der Waals surface area contributed by atoms with Crippen LogP contribution in [0.25, 0.3) is 10.4 Å². The Kier molecular flexibility index (Phi) is 7.40. The number of benzene rings is 2. The second kappa shape index (κ2) is 9.99. The van der Waals surface area contributed by atoms with Crippen LogP contribution in [0.5, 0.6) is 0 Å². The van der Waals surface area contributed by atoms with E-state index in [0.29, 0.717) is 23.5 Å². The summed E-state index contributed by atoms with van der Waals surface area (Å²) < 4.78 is 11.3. The van der Waals surface area contributed by atoms with E-state index in [-0.39, 0.29) is 12.0 Å². The van der Waals surface area contributed by atoms with Gasteiger partial charge in [-0.15, -0.1) is 11.3 Å². The normalized spacial score (nSPS) is 13.1. The van der Waals surface area contributed by atoms with E-state index in [1.54, 1.807) is 23.5 Å². The van der Waals surface area contributed by atoms with Gasteiger partial charge in [0.05, 0.1) is 24.1 Å². The van der Waals surface area contributed by atoms with Gasteiger partial charge in [0.2, 0.25) is 0 Å². The van der Waals surface area contributed by atoms with Crippen molar-refractivity contribution in [2.45, 2.75) is 20.0 Å². The molecule has 0 aliphatic carbocycles. The zero-order chi connectivity index (χ0) is 20.8. The number of hydrogen-bond acceptors (Lipinski definition) is 5. The second-order valence-corrected chi connectivity index (χ2v) is 8.76. The Morgan fingerprint density at radius 3 is 2.62 bits per heavy atom. The minimum atomic E-state index is -0.912. The SMILES string of the molecule is CCOP(C)OC(C)c1ccc(C(=O)Nc2cc(-c3cccs3)ccc2N)cc1. The Balaban J connectivity index is 1.69. The summed E-state index contributed by atoms with van der Waals surface area (Å²) in [5.74, 6) is -0.202. The van der Waals surface area contributed by atoms with Gasteiger partial charge in [-0.25, -0.2) is 0 Å². The molecular weight excluding hydrogens is 403 g/mol. The molecule has 1 amide bonds. The minimum absolute atomic E-state index is 0.104. The van der Waals surface area contributed by atoms with Gasteiger partial charge in [0.25, 0.3) is 5.91 Å². The van der Waals surface area contributed by atoms with E-state index in [1.807, 2.05) is 68.4 Å². The number of thiophene rings is 1. The van der Waals surface area contributed by atoms with Gasteiger partial charge in [-0.1, -0.05) is 24.3 Å². The van der Waals surface area contributed by atoms with E-state index >= 15 is 0 Å². The summed E-state index contributed by atoms with van der Waals surface area (Å²) in [6.45, 7) is 6.49. The largest absolute Gasteiger partial charge is 0.397 e. The molecular formula is C22H25N2O3PS. The van der Waals surface area contributed by atoms with Crippen LogP contribution in [-0.2, 0) is 9.05 Å². The molecule has 152 valence electrons. The van der Waals surface area contributed by atoms with E-state index in [4.69, 9.17) is 14.8 Å². The summed E-state index contributed by atoms with van der Waals surface area (Å²) in [6.07, 6.45) is -0.104. The number of rotatable bonds is 8. The number of anilines is 2. The summed E-state index contributed by atoms with van der Waals surface area (Å²) in [4.78, 5) is 13.8. The van der Waals surface area contributed by atoms with Crippen molar-refractivity contribution in [3.05, 3.63) is 71.1 Å². The maximum atomic E-state index is 12.7. The average Bonchev–Trinajstić information content (AvgIpc) is 3.24. The number of hydrogen-bond donors (Lipinski definition) is 2. The highest BCUT2D eigenvalue weighted by Crippen LogP contribution is 2.39. The first-order chi connectivity index (χ1) is 14.0.